The molecular formula is C19H19N7. The number of nitrogens with zero attached hydrogens (tertiary/aromatic N) is 6. The molecule has 26 heavy (non-hydrogen) atoms. The van der Waals surface area contributed by atoms with E-state index >= 15 is 0 Å². The lowest BCUT2D eigenvalue weighted by Gasteiger charge is -2.10. The third-order valence-electron chi connectivity index (χ3n) is 5.13. The van der Waals surface area contributed by atoms with Gasteiger partial charge < -0.3 is 0 Å². The van der Waals surface area contributed by atoms with Crippen molar-refractivity contribution in [1.82, 2.24) is 34.7 Å². The van der Waals surface area contributed by atoms with Crippen LogP contribution in [0.2, 0.25) is 0 Å². The molecule has 1 N–H and O–H groups in total. The van der Waals surface area contributed by atoms with Crippen molar-refractivity contribution >= 4 is 0 Å². The summed E-state index contributed by atoms with van der Waals surface area (Å²) in [6.07, 6.45) is 5.53. The van der Waals surface area contributed by atoms with Crippen LogP contribution in [0.4, 0.5) is 0 Å². The Hall–Kier alpha value is -3.22. The molecule has 0 saturated heterocycles. The quantitative estimate of drug-likeness (QED) is 0.619. The van der Waals surface area contributed by atoms with Gasteiger partial charge in [0.1, 0.15) is 5.82 Å². The first-order valence-corrected chi connectivity index (χ1v) is 8.73. The zero-order chi connectivity index (χ0) is 17.7. The Labute approximate surface area is 150 Å². The number of aryl methyl sites for hydroxylation is 2. The molecule has 3 heterocycles. The molecule has 0 bridgehead atoms. The summed E-state index contributed by atoms with van der Waals surface area (Å²) in [6.45, 7) is 1.98. The van der Waals surface area contributed by atoms with Crippen molar-refractivity contribution in [2.75, 3.05) is 0 Å². The van der Waals surface area contributed by atoms with Crippen LogP contribution < -0.4 is 0 Å². The van der Waals surface area contributed by atoms with Crippen LogP contribution in [0, 0.1) is 6.92 Å². The fourth-order valence-corrected chi connectivity index (χ4v) is 3.76. The van der Waals surface area contributed by atoms with E-state index < -0.39 is 0 Å². The second-order valence-corrected chi connectivity index (χ2v) is 6.80. The highest BCUT2D eigenvalue weighted by Gasteiger charge is 2.29. The van der Waals surface area contributed by atoms with E-state index in [1.807, 2.05) is 29.4 Å². The van der Waals surface area contributed by atoms with E-state index in [0.29, 0.717) is 11.7 Å². The van der Waals surface area contributed by atoms with Gasteiger partial charge in [-0.2, -0.15) is 14.9 Å². The second-order valence-electron chi connectivity index (χ2n) is 6.80. The summed E-state index contributed by atoms with van der Waals surface area (Å²) < 4.78 is 3.76. The van der Waals surface area contributed by atoms with Crippen LogP contribution in [-0.2, 0) is 19.9 Å². The Morgan fingerprint density at radius 1 is 1.12 bits per heavy atom. The second kappa shape index (κ2) is 5.66. The maximum atomic E-state index is 4.93. The van der Waals surface area contributed by atoms with Gasteiger partial charge in [0.15, 0.2) is 11.6 Å². The van der Waals surface area contributed by atoms with Crippen LogP contribution in [0.25, 0.3) is 17.2 Å². The first-order chi connectivity index (χ1) is 12.7. The van der Waals surface area contributed by atoms with Crippen LogP contribution in [0.15, 0.2) is 42.7 Å². The lowest BCUT2D eigenvalue weighted by Crippen LogP contribution is -2.12. The number of aromatic nitrogens is 7. The molecule has 7 heteroatoms. The number of hydrogen-bond acceptors (Lipinski definition) is 4. The van der Waals surface area contributed by atoms with E-state index in [0.717, 1.165) is 35.7 Å². The Morgan fingerprint density at radius 3 is 2.50 bits per heavy atom. The molecule has 1 aromatic carbocycles. The molecular weight excluding hydrogens is 326 g/mol. The Morgan fingerprint density at radius 2 is 1.88 bits per heavy atom. The lowest BCUT2D eigenvalue weighted by molar-refractivity contribution is 0.616. The standard InChI is InChI=1S/C19H19N7/c1-12-16(11-20-23-12)18-22-19(26(24-18)17-7-8-21-25(17)2)15-9-13-5-3-4-6-14(13)10-15/h3-8,11,15H,9-10H2,1-2H3,(H,20,23). The number of fused-ring (bicyclic) bond motifs is 1. The van der Waals surface area contributed by atoms with Crippen molar-refractivity contribution in [1.29, 1.82) is 0 Å². The van der Waals surface area contributed by atoms with Crippen LogP contribution in [0.3, 0.4) is 0 Å². The molecule has 1 aliphatic carbocycles. The highest BCUT2D eigenvalue weighted by atomic mass is 15.4. The first kappa shape index (κ1) is 15.1. The van der Waals surface area contributed by atoms with E-state index in [9.17, 15) is 0 Å². The zero-order valence-electron chi connectivity index (χ0n) is 14.7. The average molecular weight is 345 g/mol. The van der Waals surface area contributed by atoms with E-state index in [1.165, 1.54) is 11.1 Å². The van der Waals surface area contributed by atoms with Crippen LogP contribution in [0.5, 0.6) is 0 Å². The summed E-state index contributed by atoms with van der Waals surface area (Å²) in [5.74, 6) is 2.88. The van der Waals surface area contributed by atoms with Gasteiger partial charge in [0.05, 0.1) is 18.0 Å². The van der Waals surface area contributed by atoms with Gasteiger partial charge in [-0.25, -0.2) is 4.98 Å². The molecule has 0 amide bonds. The molecule has 5 rings (SSSR count). The van der Waals surface area contributed by atoms with E-state index in [2.05, 4.69) is 39.6 Å². The highest BCUT2D eigenvalue weighted by Crippen LogP contribution is 2.35. The summed E-state index contributed by atoms with van der Waals surface area (Å²) in [7, 11) is 1.92. The number of nitrogens with one attached hydrogen (secondary N) is 1. The number of rotatable bonds is 3. The Bertz CT molecular complexity index is 1060. The fourth-order valence-electron chi connectivity index (χ4n) is 3.76. The Balaban J connectivity index is 1.63. The molecule has 0 atom stereocenters. The third-order valence-corrected chi connectivity index (χ3v) is 5.13. The van der Waals surface area contributed by atoms with Crippen molar-refractivity contribution in [2.45, 2.75) is 25.7 Å². The Kier molecular flexibility index (Phi) is 3.28. The summed E-state index contributed by atoms with van der Waals surface area (Å²) in [6, 6.07) is 10.6. The fraction of sp³-hybridized carbons (Fsp3) is 0.263. The number of hydrogen-bond donors (Lipinski definition) is 1. The first-order valence-electron chi connectivity index (χ1n) is 8.73. The lowest BCUT2D eigenvalue weighted by atomic mass is 10.1. The van der Waals surface area contributed by atoms with Gasteiger partial charge in [-0.05, 0) is 30.9 Å². The number of aromatic amines is 1. The minimum atomic E-state index is 0.302. The third kappa shape index (κ3) is 2.28. The summed E-state index contributed by atoms with van der Waals surface area (Å²) >= 11 is 0. The molecule has 0 unspecified atom stereocenters. The minimum Gasteiger partial charge on any atom is -0.282 e. The van der Waals surface area contributed by atoms with Gasteiger partial charge >= 0.3 is 0 Å². The molecule has 1 aliphatic rings. The number of benzene rings is 1. The maximum absolute atomic E-state index is 4.93. The van der Waals surface area contributed by atoms with Crippen molar-refractivity contribution < 1.29 is 0 Å². The van der Waals surface area contributed by atoms with Gasteiger partial charge in [-0.15, -0.1) is 5.10 Å². The van der Waals surface area contributed by atoms with Gasteiger partial charge in [0.25, 0.3) is 0 Å². The molecule has 0 radical (unpaired) electrons. The van der Waals surface area contributed by atoms with Crippen LogP contribution >= 0.6 is 0 Å². The predicted octanol–water partition coefficient (Wildman–Crippen LogP) is 2.58. The average Bonchev–Trinajstić information content (AvgIpc) is 3.38. The number of H-pyrrole nitrogens is 1. The summed E-state index contributed by atoms with van der Waals surface area (Å²) in [4.78, 5) is 4.93. The van der Waals surface area contributed by atoms with Gasteiger partial charge in [0.2, 0.25) is 0 Å². The molecule has 0 aliphatic heterocycles. The summed E-state index contributed by atoms with van der Waals surface area (Å²) in [5, 5.41) is 16.2. The van der Waals surface area contributed by atoms with E-state index in [1.54, 1.807) is 12.4 Å². The molecule has 0 spiro atoms. The van der Waals surface area contributed by atoms with Crippen molar-refractivity contribution in [2.24, 2.45) is 7.05 Å². The largest absolute Gasteiger partial charge is 0.282 e. The molecule has 0 fully saturated rings. The van der Waals surface area contributed by atoms with E-state index in [-0.39, 0.29) is 0 Å². The maximum Gasteiger partial charge on any atom is 0.185 e. The minimum absolute atomic E-state index is 0.302. The van der Waals surface area contributed by atoms with Crippen molar-refractivity contribution in [3.05, 3.63) is 65.4 Å². The van der Waals surface area contributed by atoms with Crippen LogP contribution in [-0.4, -0.2) is 34.7 Å². The SMILES string of the molecule is Cc1[nH]ncc1-c1nc(C2Cc3ccccc3C2)n(-c2ccnn2C)n1. The molecule has 4 aromatic rings. The van der Waals surface area contributed by atoms with Crippen molar-refractivity contribution in [3.63, 3.8) is 0 Å². The summed E-state index contributed by atoms with van der Waals surface area (Å²) in [5.41, 5.74) is 4.70. The van der Waals surface area contributed by atoms with Gasteiger partial charge in [-0.1, -0.05) is 24.3 Å². The normalized spacial score (nSPS) is 14.1. The van der Waals surface area contributed by atoms with Crippen LogP contribution in [0.1, 0.15) is 28.6 Å². The van der Waals surface area contributed by atoms with Gasteiger partial charge in [0, 0.05) is 24.7 Å². The topological polar surface area (TPSA) is 77.2 Å². The molecule has 130 valence electrons. The van der Waals surface area contributed by atoms with Crippen molar-refractivity contribution in [3.8, 4) is 17.2 Å². The monoisotopic (exact) mass is 345 g/mol. The predicted molar refractivity (Wildman–Crippen MR) is 97.0 cm³/mol. The zero-order valence-corrected chi connectivity index (χ0v) is 14.7. The van der Waals surface area contributed by atoms with E-state index in [4.69, 9.17) is 10.1 Å². The molecule has 3 aromatic heterocycles. The highest BCUT2D eigenvalue weighted by molar-refractivity contribution is 5.57. The smallest absolute Gasteiger partial charge is 0.185 e. The van der Waals surface area contributed by atoms with Gasteiger partial charge in [-0.3, -0.25) is 9.78 Å². The molecule has 0 saturated carbocycles. The molecule has 7 nitrogen and oxygen atoms in total.